The number of fused-ring (bicyclic) bond motifs is 1. The summed E-state index contributed by atoms with van der Waals surface area (Å²) in [5.74, 6) is 1.03. The second-order valence-corrected chi connectivity index (χ2v) is 11.3. The van der Waals surface area contributed by atoms with E-state index in [1.54, 1.807) is 20.1 Å². The van der Waals surface area contributed by atoms with Crippen LogP contribution in [0.15, 0.2) is 30.5 Å². The van der Waals surface area contributed by atoms with Gasteiger partial charge in [0.1, 0.15) is 0 Å². The molecule has 8 nitrogen and oxygen atoms in total. The van der Waals surface area contributed by atoms with Gasteiger partial charge < -0.3 is 15.8 Å². The number of pyridine rings is 1. The van der Waals surface area contributed by atoms with Crippen LogP contribution < -0.4 is 15.8 Å². The maximum Gasteiger partial charge on any atom is 0.223 e. The molecule has 0 aliphatic heterocycles. The molecule has 1 saturated carbocycles. The highest BCUT2D eigenvalue weighted by molar-refractivity contribution is 7.90. The summed E-state index contributed by atoms with van der Waals surface area (Å²) in [4.78, 5) is 13.9. The van der Waals surface area contributed by atoms with Crippen LogP contribution >= 0.6 is 0 Å². The van der Waals surface area contributed by atoms with Gasteiger partial charge in [0, 0.05) is 35.0 Å². The van der Waals surface area contributed by atoms with Crippen LogP contribution in [0.5, 0.6) is 5.88 Å². The number of rotatable bonds is 8. The molecule has 1 aliphatic rings. The average molecular weight is 484 g/mol. The van der Waals surface area contributed by atoms with Crippen molar-refractivity contribution in [1.82, 2.24) is 15.0 Å². The van der Waals surface area contributed by atoms with Gasteiger partial charge in [0.15, 0.2) is 9.84 Å². The first-order valence-corrected chi connectivity index (χ1v) is 13.7. The lowest BCUT2D eigenvalue weighted by Gasteiger charge is -2.26. The monoisotopic (exact) mass is 483 g/mol. The molecule has 3 aromatic rings. The number of nitrogens with two attached hydrogens (primary N) is 1. The van der Waals surface area contributed by atoms with Gasteiger partial charge in [-0.05, 0) is 67.5 Å². The van der Waals surface area contributed by atoms with Gasteiger partial charge in [-0.3, -0.25) is 0 Å². The highest BCUT2D eigenvalue weighted by Gasteiger charge is 2.20. The van der Waals surface area contributed by atoms with Gasteiger partial charge in [-0.1, -0.05) is 13.8 Å². The fourth-order valence-electron chi connectivity index (χ4n) is 4.42. The average Bonchev–Trinajstić information content (AvgIpc) is 2.84. The summed E-state index contributed by atoms with van der Waals surface area (Å²) in [6, 6.07) is 8.41. The zero-order valence-electron chi connectivity index (χ0n) is 20.0. The summed E-state index contributed by atoms with van der Waals surface area (Å²) >= 11 is 0. The Hall–Kier alpha value is -2.78. The minimum atomic E-state index is -3.18. The molecule has 4 rings (SSSR count). The fraction of sp³-hybridized carbons (Fsp3) is 0.480. The predicted molar refractivity (Wildman–Crippen MR) is 136 cm³/mol. The van der Waals surface area contributed by atoms with Crippen LogP contribution in [0, 0.1) is 0 Å². The molecule has 1 aromatic carbocycles. The Balaban J connectivity index is 1.66. The van der Waals surface area contributed by atoms with Crippen molar-refractivity contribution >= 4 is 26.7 Å². The molecule has 1 fully saturated rings. The van der Waals surface area contributed by atoms with E-state index in [0.717, 1.165) is 59.7 Å². The maximum absolute atomic E-state index is 12.0. The van der Waals surface area contributed by atoms with Gasteiger partial charge in [-0.2, -0.15) is 0 Å². The molecule has 0 spiro atoms. The van der Waals surface area contributed by atoms with E-state index >= 15 is 0 Å². The molecule has 0 amide bonds. The highest BCUT2D eigenvalue weighted by Crippen LogP contribution is 2.33. The number of aromatic nitrogens is 3. The maximum atomic E-state index is 12.0. The number of hydrogen-bond donors (Lipinski definition) is 2. The minimum Gasteiger partial charge on any atom is -0.481 e. The summed E-state index contributed by atoms with van der Waals surface area (Å²) in [6.07, 6.45) is 6.77. The van der Waals surface area contributed by atoms with Crippen molar-refractivity contribution in [2.24, 2.45) is 5.73 Å². The van der Waals surface area contributed by atoms with Crippen molar-refractivity contribution in [3.05, 3.63) is 41.7 Å². The molecule has 2 aromatic heterocycles. The number of sulfone groups is 1. The molecule has 0 atom stereocenters. The van der Waals surface area contributed by atoms with Gasteiger partial charge in [-0.25, -0.2) is 23.4 Å². The lowest BCUT2D eigenvalue weighted by molar-refractivity contribution is 0.398. The van der Waals surface area contributed by atoms with Gasteiger partial charge in [0.05, 0.1) is 24.1 Å². The van der Waals surface area contributed by atoms with Gasteiger partial charge in [0.25, 0.3) is 0 Å². The van der Waals surface area contributed by atoms with E-state index in [-0.39, 0.29) is 11.5 Å². The number of nitrogens with zero attached hydrogens (tertiary/aromatic N) is 3. The highest BCUT2D eigenvalue weighted by atomic mass is 32.2. The smallest absolute Gasteiger partial charge is 0.223 e. The fourth-order valence-corrected chi connectivity index (χ4v) is 5.24. The number of aryl methyl sites for hydroxylation is 1. The molecule has 34 heavy (non-hydrogen) atoms. The van der Waals surface area contributed by atoms with E-state index in [4.69, 9.17) is 15.5 Å². The third-order valence-electron chi connectivity index (χ3n) is 6.48. The van der Waals surface area contributed by atoms with E-state index < -0.39 is 9.84 Å². The van der Waals surface area contributed by atoms with Crippen molar-refractivity contribution in [1.29, 1.82) is 0 Å². The Morgan fingerprint density at radius 2 is 1.88 bits per heavy atom. The first kappa shape index (κ1) is 24.3. The third-order valence-corrected chi connectivity index (χ3v) is 8.09. The molecule has 0 radical (unpaired) electrons. The Morgan fingerprint density at radius 3 is 2.56 bits per heavy atom. The summed E-state index contributed by atoms with van der Waals surface area (Å²) in [5, 5.41) is 4.42. The second kappa shape index (κ2) is 10.2. The molecule has 0 bridgehead atoms. The minimum absolute atomic E-state index is 0.0778. The topological polar surface area (TPSA) is 120 Å². The van der Waals surface area contributed by atoms with Gasteiger partial charge >= 0.3 is 0 Å². The Morgan fingerprint density at radius 1 is 1.12 bits per heavy atom. The van der Waals surface area contributed by atoms with Crippen LogP contribution in [-0.2, 0) is 22.0 Å². The van der Waals surface area contributed by atoms with E-state index in [0.29, 0.717) is 29.6 Å². The molecule has 182 valence electrons. The van der Waals surface area contributed by atoms with Crippen LogP contribution in [0.25, 0.3) is 22.0 Å². The first-order chi connectivity index (χ1) is 16.3. The molecule has 2 heterocycles. The number of benzene rings is 1. The van der Waals surface area contributed by atoms with E-state index in [1.807, 2.05) is 18.3 Å². The van der Waals surface area contributed by atoms with Gasteiger partial charge in [0.2, 0.25) is 11.8 Å². The van der Waals surface area contributed by atoms with E-state index in [2.05, 4.69) is 28.3 Å². The Labute approximate surface area is 201 Å². The summed E-state index contributed by atoms with van der Waals surface area (Å²) in [6.45, 7) is 3.74. The van der Waals surface area contributed by atoms with Crippen molar-refractivity contribution in [3.63, 3.8) is 0 Å². The number of methoxy groups -OCH3 is 1. The van der Waals surface area contributed by atoms with E-state index in [1.165, 1.54) is 0 Å². The molecule has 0 unspecified atom stereocenters. The lowest BCUT2D eigenvalue weighted by atomic mass is 9.92. The predicted octanol–water partition coefficient (Wildman–Crippen LogP) is 3.88. The first-order valence-electron chi connectivity index (χ1n) is 11.9. The Bertz CT molecular complexity index is 1270. The largest absolute Gasteiger partial charge is 0.481 e. The number of nitrogens with one attached hydrogen (secondary N) is 1. The van der Waals surface area contributed by atoms with Crippen molar-refractivity contribution in [2.45, 2.75) is 63.8 Å². The zero-order chi connectivity index (χ0) is 24.3. The Kier molecular flexibility index (Phi) is 7.33. The molecule has 9 heteroatoms. The second-order valence-electron chi connectivity index (χ2n) is 8.91. The van der Waals surface area contributed by atoms with Crippen molar-refractivity contribution in [2.75, 3.05) is 18.2 Å². The quantitative estimate of drug-likeness (QED) is 0.495. The summed E-state index contributed by atoms with van der Waals surface area (Å²) in [5.41, 5.74) is 10.3. The molecule has 0 saturated heterocycles. The van der Waals surface area contributed by atoms with Crippen LogP contribution in [0.3, 0.4) is 0 Å². The standard InChI is InChI=1S/C25H33N5O3S/c1-4-16-12-17(22-11-10-21(28-24(22)33-3)15-34(31,32)5-2)13-18-14-27-25(30-23(16)18)29-20-8-6-19(26)7-9-20/h10-14,19-20H,4-9,15,26H2,1-3H3,(H,27,29,30). The van der Waals surface area contributed by atoms with Crippen LogP contribution in [0.4, 0.5) is 5.95 Å². The zero-order valence-corrected chi connectivity index (χ0v) is 20.9. The van der Waals surface area contributed by atoms with Crippen LogP contribution in [0.2, 0.25) is 0 Å². The molecule has 3 N–H and O–H groups in total. The van der Waals surface area contributed by atoms with Crippen LogP contribution in [0.1, 0.15) is 50.8 Å². The van der Waals surface area contributed by atoms with E-state index in [9.17, 15) is 8.42 Å². The third kappa shape index (κ3) is 5.47. The van der Waals surface area contributed by atoms with Gasteiger partial charge in [-0.15, -0.1) is 0 Å². The normalized spacial score (nSPS) is 18.7. The SMILES string of the molecule is CCc1cc(-c2ccc(CS(=O)(=O)CC)nc2OC)cc2cnc(NC3CCC(N)CC3)nc12. The number of ether oxygens (including phenoxy) is 1. The molecule has 1 aliphatic carbocycles. The summed E-state index contributed by atoms with van der Waals surface area (Å²) in [7, 11) is -1.63. The molecular weight excluding hydrogens is 450 g/mol. The summed E-state index contributed by atoms with van der Waals surface area (Å²) < 4.78 is 29.6. The van der Waals surface area contributed by atoms with Crippen molar-refractivity contribution < 1.29 is 13.2 Å². The van der Waals surface area contributed by atoms with Crippen molar-refractivity contribution in [3.8, 4) is 17.0 Å². The number of hydrogen-bond acceptors (Lipinski definition) is 8. The number of anilines is 1. The molecular formula is C25H33N5O3S. The van der Waals surface area contributed by atoms with Crippen LogP contribution in [-0.4, -0.2) is 48.3 Å². The lowest BCUT2D eigenvalue weighted by Crippen LogP contribution is -2.33.